The highest BCUT2D eigenvalue weighted by Gasteiger charge is 2.43. The molecule has 2 aliphatic rings. The summed E-state index contributed by atoms with van der Waals surface area (Å²) in [5, 5.41) is 1.94. The Morgan fingerprint density at radius 1 is 0.970 bits per heavy atom. The van der Waals surface area contributed by atoms with Gasteiger partial charge in [0.2, 0.25) is 0 Å². The molecule has 3 aromatic rings. The van der Waals surface area contributed by atoms with E-state index in [-0.39, 0.29) is 25.0 Å². The summed E-state index contributed by atoms with van der Waals surface area (Å²) in [6, 6.07) is 18.0. The molecule has 0 atom stereocenters. The minimum atomic E-state index is -0.246. The van der Waals surface area contributed by atoms with E-state index in [1.54, 1.807) is 0 Å². The van der Waals surface area contributed by atoms with Crippen molar-refractivity contribution in [2.75, 3.05) is 24.6 Å². The van der Waals surface area contributed by atoms with Crippen molar-refractivity contribution in [3.8, 4) is 5.75 Å². The van der Waals surface area contributed by atoms with Gasteiger partial charge in [-0.3, -0.25) is 14.5 Å². The molecule has 5 rings (SSSR count). The van der Waals surface area contributed by atoms with Crippen LogP contribution in [-0.4, -0.2) is 36.4 Å². The molecule has 33 heavy (non-hydrogen) atoms. The molecule has 0 unspecified atom stereocenters. The molecule has 2 aromatic carbocycles. The topological polar surface area (TPSA) is 49.9 Å². The molecule has 0 aliphatic carbocycles. The predicted molar refractivity (Wildman–Crippen MR) is 131 cm³/mol. The fourth-order valence-corrected chi connectivity index (χ4v) is 5.46. The fraction of sp³-hybridized carbons (Fsp3) is 0.259. The van der Waals surface area contributed by atoms with Gasteiger partial charge in [-0.2, -0.15) is 0 Å². The van der Waals surface area contributed by atoms with Crippen molar-refractivity contribution in [3.05, 3.63) is 87.2 Å². The standard InChI is InChI=1S/C27H26N2O3S/c1-18-15-19(2)17-21(16-18)32-13-12-29-26(30)24(23-10-6-14-33-23)25(27(29)31)28-11-5-8-20-7-3-4-9-22(20)28/h3-4,6-7,9-10,14-17H,5,8,11-13H2,1-2H3. The van der Waals surface area contributed by atoms with Gasteiger partial charge in [0.1, 0.15) is 18.1 Å². The third kappa shape index (κ3) is 4.07. The first kappa shape index (κ1) is 21.5. The Labute approximate surface area is 197 Å². The largest absolute Gasteiger partial charge is 0.492 e. The Hall–Kier alpha value is -3.38. The number of carbonyl (C=O) groups excluding carboxylic acids is 2. The van der Waals surface area contributed by atoms with Crippen molar-refractivity contribution in [1.82, 2.24) is 4.90 Å². The molecule has 0 fully saturated rings. The summed E-state index contributed by atoms with van der Waals surface area (Å²) in [4.78, 5) is 31.3. The molecule has 0 saturated heterocycles. The molecule has 0 N–H and O–H groups in total. The molecule has 0 bridgehead atoms. The zero-order valence-electron chi connectivity index (χ0n) is 18.8. The lowest BCUT2D eigenvalue weighted by Gasteiger charge is -2.32. The van der Waals surface area contributed by atoms with Gasteiger partial charge in [-0.05, 0) is 73.0 Å². The van der Waals surface area contributed by atoms with Gasteiger partial charge in [-0.25, -0.2) is 0 Å². The Bertz CT molecular complexity index is 1230. The highest BCUT2D eigenvalue weighted by molar-refractivity contribution is 7.11. The smallest absolute Gasteiger partial charge is 0.278 e. The predicted octanol–water partition coefficient (Wildman–Crippen LogP) is 4.98. The quantitative estimate of drug-likeness (QED) is 0.489. The van der Waals surface area contributed by atoms with Crippen LogP contribution in [-0.2, 0) is 16.0 Å². The van der Waals surface area contributed by atoms with Crippen LogP contribution in [0, 0.1) is 13.8 Å². The van der Waals surface area contributed by atoms with Crippen LogP contribution in [0.15, 0.2) is 65.7 Å². The molecule has 2 amide bonds. The lowest BCUT2D eigenvalue weighted by Crippen LogP contribution is -2.39. The molecule has 168 valence electrons. The van der Waals surface area contributed by atoms with Gasteiger partial charge in [0.05, 0.1) is 12.1 Å². The van der Waals surface area contributed by atoms with Crippen molar-refractivity contribution < 1.29 is 14.3 Å². The number of ether oxygens (including phenoxy) is 1. The first-order chi connectivity index (χ1) is 16.0. The van der Waals surface area contributed by atoms with E-state index in [9.17, 15) is 9.59 Å². The molecule has 6 heteroatoms. The van der Waals surface area contributed by atoms with Crippen LogP contribution in [0.2, 0.25) is 0 Å². The van der Waals surface area contributed by atoms with E-state index in [1.165, 1.54) is 21.8 Å². The molecule has 1 aromatic heterocycles. The molecule has 0 spiro atoms. The number of fused-ring (bicyclic) bond motifs is 1. The minimum Gasteiger partial charge on any atom is -0.492 e. The summed E-state index contributed by atoms with van der Waals surface area (Å²) < 4.78 is 5.91. The number of thiophene rings is 1. The van der Waals surface area contributed by atoms with Gasteiger partial charge in [-0.15, -0.1) is 11.3 Å². The van der Waals surface area contributed by atoms with Crippen molar-refractivity contribution in [3.63, 3.8) is 0 Å². The van der Waals surface area contributed by atoms with Crippen LogP contribution in [0.3, 0.4) is 0 Å². The third-order valence-electron chi connectivity index (χ3n) is 6.07. The molecule has 0 saturated carbocycles. The maximum Gasteiger partial charge on any atom is 0.278 e. The molecular formula is C27H26N2O3S. The maximum atomic E-state index is 13.6. The number of para-hydroxylation sites is 1. The van der Waals surface area contributed by atoms with Crippen molar-refractivity contribution in [2.24, 2.45) is 0 Å². The zero-order chi connectivity index (χ0) is 22.9. The maximum absolute atomic E-state index is 13.6. The highest BCUT2D eigenvalue weighted by atomic mass is 32.1. The number of nitrogens with zero attached hydrogens (tertiary/aromatic N) is 2. The molecule has 0 radical (unpaired) electrons. The fourth-order valence-electron chi connectivity index (χ4n) is 4.70. The number of hydrogen-bond donors (Lipinski definition) is 0. The van der Waals surface area contributed by atoms with Gasteiger partial charge in [0.15, 0.2) is 0 Å². The van der Waals surface area contributed by atoms with Gasteiger partial charge >= 0.3 is 0 Å². The monoisotopic (exact) mass is 458 g/mol. The van der Waals surface area contributed by atoms with Crippen LogP contribution in [0.5, 0.6) is 5.75 Å². The average molecular weight is 459 g/mol. The van der Waals surface area contributed by atoms with Gasteiger partial charge < -0.3 is 9.64 Å². The summed E-state index contributed by atoms with van der Waals surface area (Å²) in [5.74, 6) is 0.261. The van der Waals surface area contributed by atoms with E-state index >= 15 is 0 Å². The number of benzene rings is 2. The normalized spacial score (nSPS) is 15.9. The van der Waals surface area contributed by atoms with Crippen molar-refractivity contribution in [2.45, 2.75) is 26.7 Å². The Morgan fingerprint density at radius 2 is 1.76 bits per heavy atom. The molecule has 5 nitrogen and oxygen atoms in total. The van der Waals surface area contributed by atoms with Gasteiger partial charge in [-0.1, -0.05) is 30.3 Å². The third-order valence-corrected chi connectivity index (χ3v) is 6.96. The SMILES string of the molecule is Cc1cc(C)cc(OCCN2C(=O)C(c3cccs3)=C(N3CCCc4ccccc43)C2=O)c1. The lowest BCUT2D eigenvalue weighted by molar-refractivity contribution is -0.137. The van der Waals surface area contributed by atoms with Crippen LogP contribution in [0.25, 0.3) is 5.57 Å². The van der Waals surface area contributed by atoms with E-state index in [4.69, 9.17) is 4.74 Å². The van der Waals surface area contributed by atoms with E-state index in [0.29, 0.717) is 17.8 Å². The summed E-state index contributed by atoms with van der Waals surface area (Å²) in [6.07, 6.45) is 1.92. The summed E-state index contributed by atoms with van der Waals surface area (Å²) in [5.41, 5.74) is 5.44. The number of anilines is 1. The second kappa shape index (κ2) is 8.87. The number of carbonyl (C=O) groups is 2. The molecule has 2 aliphatic heterocycles. The minimum absolute atomic E-state index is 0.207. The summed E-state index contributed by atoms with van der Waals surface area (Å²) >= 11 is 1.49. The lowest BCUT2D eigenvalue weighted by atomic mass is 10.00. The van der Waals surface area contributed by atoms with E-state index in [2.05, 4.69) is 12.1 Å². The average Bonchev–Trinajstić information content (AvgIpc) is 3.40. The van der Waals surface area contributed by atoms with E-state index in [1.807, 2.05) is 66.6 Å². The molecule has 3 heterocycles. The number of aryl methyl sites for hydroxylation is 3. The van der Waals surface area contributed by atoms with Crippen LogP contribution in [0.1, 0.15) is 28.0 Å². The summed E-state index contributed by atoms with van der Waals surface area (Å²) in [6.45, 7) is 5.22. The van der Waals surface area contributed by atoms with Gasteiger partial charge in [0.25, 0.3) is 11.8 Å². The first-order valence-corrected chi connectivity index (χ1v) is 12.1. The number of rotatable bonds is 6. The number of imide groups is 1. The zero-order valence-corrected chi connectivity index (χ0v) is 19.7. The van der Waals surface area contributed by atoms with E-state index < -0.39 is 0 Å². The highest BCUT2D eigenvalue weighted by Crippen LogP contribution is 2.38. The Kier molecular flexibility index (Phi) is 5.77. The van der Waals surface area contributed by atoms with Crippen molar-refractivity contribution in [1.29, 1.82) is 0 Å². The Morgan fingerprint density at radius 3 is 2.52 bits per heavy atom. The molecular weight excluding hydrogens is 432 g/mol. The van der Waals surface area contributed by atoms with Crippen LogP contribution >= 0.6 is 11.3 Å². The van der Waals surface area contributed by atoms with E-state index in [0.717, 1.165) is 40.3 Å². The summed E-state index contributed by atoms with van der Waals surface area (Å²) in [7, 11) is 0. The second-order valence-electron chi connectivity index (χ2n) is 8.52. The van der Waals surface area contributed by atoms with Gasteiger partial charge in [0, 0.05) is 17.1 Å². The number of amides is 2. The Balaban J connectivity index is 1.43. The second-order valence-corrected chi connectivity index (χ2v) is 9.47. The van der Waals surface area contributed by atoms with Crippen LogP contribution < -0.4 is 9.64 Å². The van der Waals surface area contributed by atoms with Crippen LogP contribution in [0.4, 0.5) is 5.69 Å². The number of hydrogen-bond acceptors (Lipinski definition) is 5. The first-order valence-electron chi connectivity index (χ1n) is 11.2. The van der Waals surface area contributed by atoms with Crippen molar-refractivity contribution >= 4 is 34.4 Å².